The zero-order valence-electron chi connectivity index (χ0n) is 15.2. The Morgan fingerprint density at radius 3 is 2.12 bits per heavy atom. The summed E-state index contributed by atoms with van der Waals surface area (Å²) in [5, 5.41) is 0. The van der Waals surface area contributed by atoms with E-state index in [1.165, 1.54) is 0 Å². The van der Waals surface area contributed by atoms with Gasteiger partial charge in [0.05, 0.1) is 0 Å². The van der Waals surface area contributed by atoms with Crippen LogP contribution in [0.4, 0.5) is 0 Å². The number of nitrogens with two attached hydrogens (primary N) is 1. The highest BCUT2D eigenvalue weighted by atomic mass is 16.2. The van der Waals surface area contributed by atoms with E-state index in [9.17, 15) is 9.59 Å². The smallest absolute Gasteiger partial charge is 0.148 e. The number of ketones is 2. The fourth-order valence-corrected chi connectivity index (χ4v) is 4.06. The molecule has 1 aromatic carbocycles. The summed E-state index contributed by atoms with van der Waals surface area (Å²) in [7, 11) is 0. The lowest BCUT2D eigenvalue weighted by Gasteiger charge is -2.38. The van der Waals surface area contributed by atoms with Gasteiger partial charge >= 0.3 is 0 Å². The van der Waals surface area contributed by atoms with Crippen LogP contribution in [-0.2, 0) is 9.59 Å². The maximum absolute atomic E-state index is 12.9. The summed E-state index contributed by atoms with van der Waals surface area (Å²) < 4.78 is 0. The van der Waals surface area contributed by atoms with Crippen LogP contribution in [0.1, 0.15) is 67.7 Å². The van der Waals surface area contributed by atoms with Crippen molar-refractivity contribution >= 4 is 11.6 Å². The topological polar surface area (TPSA) is 60.2 Å². The molecule has 128 valence electrons. The van der Waals surface area contributed by atoms with E-state index in [1.807, 2.05) is 32.9 Å². The Bertz CT molecular complexity index is 680. The average Bonchev–Trinajstić information content (AvgIpc) is 2.50. The molecule has 0 radical (unpaired) electrons. The molecule has 0 atom stereocenters. The van der Waals surface area contributed by atoms with Gasteiger partial charge in [0, 0.05) is 18.4 Å². The lowest BCUT2D eigenvalue weighted by Crippen LogP contribution is -2.40. The fourth-order valence-electron chi connectivity index (χ4n) is 4.06. The van der Waals surface area contributed by atoms with Gasteiger partial charge in [-0.2, -0.15) is 0 Å². The molecule has 2 rings (SSSR count). The molecular weight excluding hydrogens is 298 g/mol. The van der Waals surface area contributed by atoms with Crippen LogP contribution in [0.15, 0.2) is 12.1 Å². The monoisotopic (exact) mass is 325 g/mol. The van der Waals surface area contributed by atoms with Gasteiger partial charge in [0.25, 0.3) is 0 Å². The normalized spacial score (nSPS) is 23.8. The fraction of sp³-hybridized carbons (Fsp3) is 0.524. The Balaban J connectivity index is 2.42. The molecule has 0 saturated heterocycles. The van der Waals surface area contributed by atoms with Crippen molar-refractivity contribution < 1.29 is 9.59 Å². The molecule has 0 aromatic heterocycles. The lowest BCUT2D eigenvalue weighted by molar-refractivity contribution is -0.137. The summed E-state index contributed by atoms with van der Waals surface area (Å²) >= 11 is 0. The Morgan fingerprint density at radius 2 is 1.71 bits per heavy atom. The summed E-state index contributed by atoms with van der Waals surface area (Å²) in [5.41, 5.74) is 9.23. The second kappa shape index (κ2) is 7.32. The van der Waals surface area contributed by atoms with Crippen LogP contribution in [0.5, 0.6) is 0 Å². The van der Waals surface area contributed by atoms with Gasteiger partial charge in [-0.25, -0.2) is 0 Å². The van der Waals surface area contributed by atoms with E-state index in [4.69, 9.17) is 5.73 Å². The van der Waals surface area contributed by atoms with Crippen molar-refractivity contribution in [3.63, 3.8) is 0 Å². The molecule has 0 amide bonds. The molecule has 1 fully saturated rings. The molecule has 2 N–H and O–H groups in total. The van der Waals surface area contributed by atoms with Gasteiger partial charge in [-0.05, 0) is 74.4 Å². The summed E-state index contributed by atoms with van der Waals surface area (Å²) in [4.78, 5) is 25.8. The predicted octanol–water partition coefficient (Wildman–Crippen LogP) is 3.44. The van der Waals surface area contributed by atoms with Crippen molar-refractivity contribution in [3.05, 3.63) is 34.4 Å². The molecule has 1 saturated carbocycles. The lowest BCUT2D eigenvalue weighted by atomic mass is 9.64. The minimum atomic E-state index is -0.619. The van der Waals surface area contributed by atoms with E-state index < -0.39 is 5.92 Å². The molecular formula is C21H27NO2. The van der Waals surface area contributed by atoms with Gasteiger partial charge in [-0.3, -0.25) is 9.59 Å². The zero-order chi connectivity index (χ0) is 17.9. The molecule has 3 heteroatoms. The van der Waals surface area contributed by atoms with Crippen LogP contribution in [0.3, 0.4) is 0 Å². The third-order valence-corrected chi connectivity index (χ3v) is 5.32. The molecule has 0 aliphatic heterocycles. The summed E-state index contributed by atoms with van der Waals surface area (Å²) in [6, 6.07) is 3.95. The van der Waals surface area contributed by atoms with Crippen LogP contribution in [0.2, 0.25) is 0 Å². The third-order valence-electron chi connectivity index (χ3n) is 5.32. The van der Waals surface area contributed by atoms with E-state index in [1.54, 1.807) is 6.92 Å². The van der Waals surface area contributed by atoms with E-state index in [0.29, 0.717) is 19.4 Å². The van der Waals surface area contributed by atoms with Crippen molar-refractivity contribution in [2.75, 3.05) is 6.54 Å². The number of aryl methyl sites for hydroxylation is 2. The SMILES string of the molecule is CC#Cc1cc(C)c(C2C(=O)CC(CC)(CCN)CC2=O)c(C)c1. The maximum atomic E-state index is 12.9. The van der Waals surface area contributed by atoms with Crippen LogP contribution in [-0.4, -0.2) is 18.1 Å². The van der Waals surface area contributed by atoms with Gasteiger partial charge in [0.1, 0.15) is 17.5 Å². The third kappa shape index (κ3) is 3.44. The van der Waals surface area contributed by atoms with Crippen LogP contribution >= 0.6 is 0 Å². The number of carbonyl (C=O) groups is 2. The van der Waals surface area contributed by atoms with Gasteiger partial charge in [-0.15, -0.1) is 5.92 Å². The minimum Gasteiger partial charge on any atom is -0.330 e. The summed E-state index contributed by atoms with van der Waals surface area (Å²) in [6.45, 7) is 8.29. The number of benzene rings is 1. The van der Waals surface area contributed by atoms with Crippen LogP contribution < -0.4 is 5.73 Å². The Kier molecular flexibility index (Phi) is 5.62. The first kappa shape index (κ1) is 18.4. The second-order valence-corrected chi connectivity index (χ2v) is 7.01. The average molecular weight is 325 g/mol. The van der Waals surface area contributed by atoms with E-state index >= 15 is 0 Å². The van der Waals surface area contributed by atoms with Crippen molar-refractivity contribution in [3.8, 4) is 11.8 Å². The number of carbonyl (C=O) groups excluding carboxylic acids is 2. The standard InChI is InChI=1S/C21H27NO2/c1-5-7-16-10-14(3)19(15(4)11-16)20-17(23)12-21(6-2,8-9-22)13-18(20)24/h10-11,20H,6,8-9,12-13,22H2,1-4H3. The van der Waals surface area contributed by atoms with Crippen molar-refractivity contribution in [1.29, 1.82) is 0 Å². The van der Waals surface area contributed by atoms with Crippen molar-refractivity contribution in [1.82, 2.24) is 0 Å². The highest BCUT2D eigenvalue weighted by molar-refractivity contribution is 6.10. The zero-order valence-corrected chi connectivity index (χ0v) is 15.2. The predicted molar refractivity (Wildman–Crippen MR) is 96.9 cm³/mol. The molecule has 3 nitrogen and oxygen atoms in total. The first-order chi connectivity index (χ1) is 11.4. The largest absolute Gasteiger partial charge is 0.330 e. The van der Waals surface area contributed by atoms with Gasteiger partial charge in [0.15, 0.2) is 0 Å². The molecule has 0 unspecified atom stereocenters. The minimum absolute atomic E-state index is 0.0436. The van der Waals surface area contributed by atoms with Crippen LogP contribution in [0.25, 0.3) is 0 Å². The highest BCUT2D eigenvalue weighted by Gasteiger charge is 2.44. The van der Waals surface area contributed by atoms with E-state index in [2.05, 4.69) is 11.8 Å². The Hall–Kier alpha value is -1.92. The highest BCUT2D eigenvalue weighted by Crippen LogP contribution is 2.44. The van der Waals surface area contributed by atoms with Crippen molar-refractivity contribution in [2.24, 2.45) is 11.1 Å². The van der Waals surface area contributed by atoms with Gasteiger partial charge < -0.3 is 5.73 Å². The van der Waals surface area contributed by atoms with E-state index in [0.717, 1.165) is 35.1 Å². The molecule has 0 heterocycles. The van der Waals surface area contributed by atoms with Gasteiger partial charge in [0.2, 0.25) is 0 Å². The Morgan fingerprint density at radius 1 is 1.17 bits per heavy atom. The van der Waals surface area contributed by atoms with Crippen molar-refractivity contribution in [2.45, 2.75) is 59.3 Å². The summed E-state index contributed by atoms with van der Waals surface area (Å²) in [5.74, 6) is 5.41. The maximum Gasteiger partial charge on any atom is 0.148 e. The Labute approximate surface area is 145 Å². The quantitative estimate of drug-likeness (QED) is 0.681. The second-order valence-electron chi connectivity index (χ2n) is 7.01. The number of Topliss-reactive ketones (excluding diaryl/α,β-unsaturated/α-hetero) is 2. The van der Waals surface area contributed by atoms with E-state index in [-0.39, 0.29) is 17.0 Å². The van der Waals surface area contributed by atoms with Crippen LogP contribution in [0, 0.1) is 31.1 Å². The molecule has 1 aliphatic carbocycles. The molecule has 24 heavy (non-hydrogen) atoms. The number of rotatable bonds is 4. The first-order valence-corrected chi connectivity index (χ1v) is 8.67. The molecule has 1 aromatic rings. The molecule has 1 aliphatic rings. The molecule has 0 spiro atoms. The first-order valence-electron chi connectivity index (χ1n) is 8.67. The number of hydrogen-bond acceptors (Lipinski definition) is 3. The summed E-state index contributed by atoms with van der Waals surface area (Å²) in [6.07, 6.45) is 2.45. The molecule has 0 bridgehead atoms. The van der Waals surface area contributed by atoms with Gasteiger partial charge in [-0.1, -0.05) is 12.8 Å². The number of hydrogen-bond donors (Lipinski definition) is 1.